The van der Waals surface area contributed by atoms with E-state index in [4.69, 9.17) is 0 Å². The molecule has 0 fully saturated rings. The van der Waals surface area contributed by atoms with Crippen LogP contribution in [-0.4, -0.2) is 17.3 Å². The molecule has 0 aromatic carbocycles. The Bertz CT molecular complexity index is 215. The van der Waals surface area contributed by atoms with Crippen LogP contribution in [0.1, 0.15) is 0 Å². The fourth-order valence-electron chi connectivity index (χ4n) is 0.304. The Morgan fingerprint density at radius 3 is 2.88 bits per heavy atom. The molecule has 0 aliphatic heterocycles. The molecule has 1 aromatic rings. The van der Waals surface area contributed by atoms with Gasteiger partial charge in [0.25, 0.3) is 5.19 Å². The van der Waals surface area contributed by atoms with Crippen LogP contribution in [0, 0.1) is 0 Å². The van der Waals surface area contributed by atoms with Crippen LogP contribution in [0.5, 0.6) is 5.19 Å². The van der Waals surface area contributed by atoms with Crippen molar-refractivity contribution in [2.45, 2.75) is 0 Å². The van der Waals surface area contributed by atoms with E-state index < -0.39 is 0 Å². The zero-order valence-corrected chi connectivity index (χ0v) is 4.99. The minimum Gasteiger partial charge on any atom is -0.472 e. The van der Waals surface area contributed by atoms with Gasteiger partial charge in [0.1, 0.15) is 0 Å². The van der Waals surface area contributed by atoms with Crippen LogP contribution in [0.2, 0.25) is 0 Å². The molecule has 0 spiro atoms. The first kappa shape index (κ1) is 5.30. The van der Waals surface area contributed by atoms with Crippen molar-refractivity contribution in [3.63, 3.8) is 0 Å². The maximum absolute atomic E-state index is 10.3. The number of aromatic nitrogens is 2. The van der Waals surface area contributed by atoms with Crippen LogP contribution in [0.15, 0.2) is 4.79 Å². The van der Waals surface area contributed by atoms with Crippen molar-refractivity contribution >= 4 is 11.3 Å². The van der Waals surface area contributed by atoms with E-state index in [9.17, 15) is 4.79 Å². The Labute approximate surface area is 49.1 Å². The maximum Gasteiger partial charge on any atom is 0.325 e. The predicted molar refractivity (Wildman–Crippen MR) is 29.3 cm³/mol. The third-order valence-electron chi connectivity index (χ3n) is 0.593. The van der Waals surface area contributed by atoms with E-state index in [1.54, 1.807) is 0 Å². The van der Waals surface area contributed by atoms with Crippen LogP contribution >= 0.6 is 11.3 Å². The Morgan fingerprint density at radius 1 is 1.88 bits per heavy atom. The van der Waals surface area contributed by atoms with Crippen LogP contribution < -0.4 is 9.61 Å². The molecule has 0 saturated heterocycles. The Hall–Kier alpha value is -0.840. The molecule has 1 rings (SSSR count). The molecule has 0 bridgehead atoms. The summed E-state index contributed by atoms with van der Waals surface area (Å²) in [4.78, 5) is 10.1. The molecule has 4 nitrogen and oxygen atoms in total. The highest BCUT2D eigenvalue weighted by molar-refractivity contribution is 7.10. The molecule has 0 aliphatic carbocycles. The molecule has 8 heavy (non-hydrogen) atoms. The number of H-pyrrole nitrogens is 1. The van der Waals surface area contributed by atoms with Gasteiger partial charge in [-0.25, -0.2) is 5.10 Å². The van der Waals surface area contributed by atoms with E-state index in [0.29, 0.717) is 5.19 Å². The molecule has 0 amide bonds. The van der Waals surface area contributed by atoms with Crippen LogP contribution in [0.3, 0.4) is 0 Å². The van der Waals surface area contributed by atoms with Crippen molar-refractivity contribution < 1.29 is 4.74 Å². The minimum atomic E-state index is -0.193. The third kappa shape index (κ3) is 0.865. The second-order valence-corrected chi connectivity index (χ2v) is 2.01. The van der Waals surface area contributed by atoms with Crippen molar-refractivity contribution in [3.8, 4) is 5.19 Å². The van der Waals surface area contributed by atoms with Gasteiger partial charge in [-0.1, -0.05) is 0 Å². The van der Waals surface area contributed by atoms with E-state index in [1.165, 1.54) is 7.11 Å². The first-order valence-electron chi connectivity index (χ1n) is 1.92. The lowest BCUT2D eigenvalue weighted by Crippen LogP contribution is -1.90. The molecule has 5 heteroatoms. The summed E-state index contributed by atoms with van der Waals surface area (Å²) >= 11 is 0.943. The highest BCUT2D eigenvalue weighted by Crippen LogP contribution is 2.03. The number of hydrogen-bond acceptors (Lipinski definition) is 4. The second kappa shape index (κ2) is 1.95. The zero-order chi connectivity index (χ0) is 5.98. The third-order valence-corrected chi connectivity index (χ3v) is 1.30. The molecular formula is C3H4N2O2S. The van der Waals surface area contributed by atoms with E-state index >= 15 is 0 Å². The van der Waals surface area contributed by atoms with Gasteiger partial charge in [-0.15, -0.1) is 5.10 Å². The highest BCUT2D eigenvalue weighted by atomic mass is 32.1. The van der Waals surface area contributed by atoms with E-state index in [2.05, 4.69) is 14.9 Å². The van der Waals surface area contributed by atoms with Gasteiger partial charge in [0.05, 0.1) is 7.11 Å². The minimum absolute atomic E-state index is 0.193. The van der Waals surface area contributed by atoms with Crippen molar-refractivity contribution in [2.75, 3.05) is 7.11 Å². The first-order chi connectivity index (χ1) is 3.83. The van der Waals surface area contributed by atoms with Gasteiger partial charge in [-0.3, -0.25) is 4.79 Å². The normalized spacial score (nSPS) is 9.12. The molecule has 1 heterocycles. The molecule has 0 aliphatic rings. The summed E-state index contributed by atoms with van der Waals surface area (Å²) in [5.74, 6) is 0. The average Bonchev–Trinajstić information content (AvgIpc) is 2.14. The van der Waals surface area contributed by atoms with Gasteiger partial charge in [-0.2, -0.15) is 0 Å². The summed E-state index contributed by atoms with van der Waals surface area (Å²) in [6.45, 7) is 0. The second-order valence-electron chi connectivity index (χ2n) is 1.08. The van der Waals surface area contributed by atoms with E-state index in [-0.39, 0.29) is 4.87 Å². The summed E-state index contributed by atoms with van der Waals surface area (Å²) < 4.78 is 4.61. The Kier molecular flexibility index (Phi) is 1.29. The summed E-state index contributed by atoms with van der Waals surface area (Å²) in [6, 6.07) is 0. The van der Waals surface area contributed by atoms with Gasteiger partial charge in [0.2, 0.25) is 0 Å². The van der Waals surface area contributed by atoms with Gasteiger partial charge >= 0.3 is 4.87 Å². The van der Waals surface area contributed by atoms with Crippen molar-refractivity contribution in [1.29, 1.82) is 0 Å². The Balaban J connectivity index is 3.01. The smallest absolute Gasteiger partial charge is 0.325 e. The highest BCUT2D eigenvalue weighted by Gasteiger charge is 1.93. The number of ether oxygens (including phenoxy) is 1. The van der Waals surface area contributed by atoms with Crippen molar-refractivity contribution in [2.24, 2.45) is 0 Å². The van der Waals surface area contributed by atoms with Gasteiger partial charge < -0.3 is 4.74 Å². The fraction of sp³-hybridized carbons (Fsp3) is 0.333. The fourth-order valence-corrected chi connectivity index (χ4v) is 0.728. The lowest BCUT2D eigenvalue weighted by Gasteiger charge is -1.82. The van der Waals surface area contributed by atoms with Crippen molar-refractivity contribution in [3.05, 3.63) is 9.67 Å². The van der Waals surface area contributed by atoms with E-state index in [0.717, 1.165) is 11.3 Å². The largest absolute Gasteiger partial charge is 0.472 e. The molecule has 0 atom stereocenters. The molecule has 0 saturated carbocycles. The maximum atomic E-state index is 10.3. The summed E-state index contributed by atoms with van der Waals surface area (Å²) in [5.41, 5.74) is 0. The number of nitrogens with zero attached hydrogens (tertiary/aromatic N) is 1. The number of nitrogens with one attached hydrogen (secondary N) is 1. The molecule has 1 aromatic heterocycles. The SMILES string of the molecule is COc1n[nH]c(=O)s1. The molecule has 0 unspecified atom stereocenters. The van der Waals surface area contributed by atoms with Gasteiger partial charge in [0.15, 0.2) is 0 Å². The van der Waals surface area contributed by atoms with Crippen LogP contribution in [0.25, 0.3) is 0 Å². The Morgan fingerprint density at radius 2 is 2.62 bits per heavy atom. The predicted octanol–water partition coefficient (Wildman–Crippen LogP) is -0.160. The van der Waals surface area contributed by atoms with Crippen LogP contribution in [-0.2, 0) is 0 Å². The van der Waals surface area contributed by atoms with Crippen LogP contribution in [0.4, 0.5) is 0 Å². The number of aromatic amines is 1. The number of hydrogen-bond donors (Lipinski definition) is 1. The lowest BCUT2D eigenvalue weighted by atomic mass is 11.4. The standard InChI is InChI=1S/C3H4N2O2S/c1-7-3-5-4-2(6)8-3/h1H3,(H,4,6). The van der Waals surface area contributed by atoms with Gasteiger partial charge in [0, 0.05) is 0 Å². The van der Waals surface area contributed by atoms with Crippen molar-refractivity contribution in [1.82, 2.24) is 10.2 Å². The summed E-state index contributed by atoms with van der Waals surface area (Å²) in [6.07, 6.45) is 0. The molecule has 0 radical (unpaired) electrons. The molecule has 1 N–H and O–H groups in total. The lowest BCUT2D eigenvalue weighted by molar-refractivity contribution is 0.407. The molecule has 44 valence electrons. The molecular weight excluding hydrogens is 128 g/mol. The topological polar surface area (TPSA) is 55.0 Å². The first-order valence-corrected chi connectivity index (χ1v) is 2.74. The summed E-state index contributed by atoms with van der Waals surface area (Å²) in [7, 11) is 1.46. The quantitative estimate of drug-likeness (QED) is 0.577. The average molecular weight is 132 g/mol. The summed E-state index contributed by atoms with van der Waals surface area (Å²) in [5, 5.41) is 6.07. The van der Waals surface area contributed by atoms with E-state index in [1.807, 2.05) is 0 Å². The zero-order valence-electron chi connectivity index (χ0n) is 4.17. The monoisotopic (exact) mass is 132 g/mol. The number of methoxy groups -OCH3 is 1. The van der Waals surface area contributed by atoms with Gasteiger partial charge in [-0.05, 0) is 11.3 Å². The number of rotatable bonds is 1.